The predicted molar refractivity (Wildman–Crippen MR) is 107 cm³/mol. The Morgan fingerprint density at radius 1 is 1.15 bits per heavy atom. The van der Waals surface area contributed by atoms with E-state index < -0.39 is 0 Å². The minimum absolute atomic E-state index is 0.357. The number of rotatable bonds is 4. The molecular weight excluding hydrogens is 340 g/mol. The maximum absolute atomic E-state index is 5.87. The predicted octanol–water partition coefficient (Wildman–Crippen LogP) is 4.02. The first-order valence-corrected chi connectivity index (χ1v) is 9.42. The highest BCUT2D eigenvalue weighted by Crippen LogP contribution is 2.35. The first kappa shape index (κ1) is 17.8. The third-order valence-electron chi connectivity index (χ3n) is 5.23. The molecule has 1 aliphatic rings. The summed E-state index contributed by atoms with van der Waals surface area (Å²) in [7, 11) is 3.84. The van der Waals surface area contributed by atoms with Crippen LogP contribution in [0.4, 0.5) is 6.01 Å². The Bertz CT molecular complexity index is 966. The number of oxazole rings is 1. The van der Waals surface area contributed by atoms with Gasteiger partial charge in [-0.3, -0.25) is 0 Å². The summed E-state index contributed by atoms with van der Waals surface area (Å²) in [6.07, 6.45) is 2.31. The molecule has 27 heavy (non-hydrogen) atoms. The second kappa shape index (κ2) is 7.19. The quantitative estimate of drug-likeness (QED) is 0.752. The van der Waals surface area contributed by atoms with Crippen molar-refractivity contribution in [3.8, 4) is 17.0 Å². The molecule has 142 valence electrons. The first-order valence-electron chi connectivity index (χ1n) is 9.42. The van der Waals surface area contributed by atoms with E-state index in [1.165, 1.54) is 6.42 Å². The number of aromatic nitrogens is 2. The molecule has 0 bridgehead atoms. The number of fused-ring (bicyclic) bond motifs is 1. The summed E-state index contributed by atoms with van der Waals surface area (Å²) in [5.74, 6) is 0.855. The molecule has 3 heterocycles. The van der Waals surface area contributed by atoms with E-state index in [0.717, 1.165) is 47.6 Å². The minimum atomic E-state index is 0.357. The first-order chi connectivity index (χ1) is 13.0. The van der Waals surface area contributed by atoms with Gasteiger partial charge in [0, 0.05) is 18.2 Å². The van der Waals surface area contributed by atoms with Gasteiger partial charge in [0.05, 0.1) is 12.8 Å². The minimum Gasteiger partial charge on any atom is -0.496 e. The number of anilines is 1. The Morgan fingerprint density at radius 3 is 2.74 bits per heavy atom. The molecule has 6 heteroatoms. The van der Waals surface area contributed by atoms with E-state index in [9.17, 15) is 0 Å². The van der Waals surface area contributed by atoms with Crippen molar-refractivity contribution in [2.24, 2.45) is 0 Å². The summed E-state index contributed by atoms with van der Waals surface area (Å²) in [5, 5.41) is 3.42. The number of pyridine rings is 1. The normalized spacial score (nSPS) is 18.0. The molecule has 0 spiro atoms. The Morgan fingerprint density at radius 2 is 1.96 bits per heavy atom. The van der Waals surface area contributed by atoms with Crippen LogP contribution in [0.3, 0.4) is 0 Å². The summed E-state index contributed by atoms with van der Waals surface area (Å²) < 4.78 is 11.5. The van der Waals surface area contributed by atoms with E-state index in [4.69, 9.17) is 14.1 Å². The average Bonchev–Trinajstić information content (AvgIpc) is 3.04. The van der Waals surface area contributed by atoms with Gasteiger partial charge in [-0.05, 0) is 63.5 Å². The molecule has 0 unspecified atom stereocenters. The highest BCUT2D eigenvalue weighted by Gasteiger charge is 2.20. The Balaban J connectivity index is 1.67. The Hall–Kier alpha value is -2.60. The third kappa shape index (κ3) is 3.49. The van der Waals surface area contributed by atoms with Gasteiger partial charge in [0.25, 0.3) is 6.01 Å². The van der Waals surface area contributed by atoms with Crippen LogP contribution in [0.1, 0.15) is 24.0 Å². The largest absolute Gasteiger partial charge is 0.496 e. The number of nitrogens with one attached hydrogen (secondary N) is 1. The number of methoxy groups -OCH3 is 1. The van der Waals surface area contributed by atoms with Gasteiger partial charge in [0.2, 0.25) is 5.65 Å². The third-order valence-corrected chi connectivity index (χ3v) is 5.23. The van der Waals surface area contributed by atoms with Crippen LogP contribution >= 0.6 is 0 Å². The highest BCUT2D eigenvalue weighted by atomic mass is 16.5. The standard InChI is InChI=1S/C21H26N4O2/c1-13-7-8-14(2)19(26-4)18(13)16-9-10-17-20(23-16)24-21(27-17)22-15-6-5-11-25(3)12-15/h7-10,15H,5-6,11-12H2,1-4H3,(H,22,23,24)/t15-/m1/s1. The molecule has 1 aromatic carbocycles. The molecule has 1 aliphatic heterocycles. The number of likely N-dealkylation sites (N-methyl/N-ethyl adjacent to an activating group) is 1. The van der Waals surface area contributed by atoms with Crippen LogP contribution in [0.2, 0.25) is 0 Å². The smallest absolute Gasteiger partial charge is 0.297 e. The lowest BCUT2D eigenvalue weighted by Crippen LogP contribution is -2.39. The number of nitrogens with zero attached hydrogens (tertiary/aromatic N) is 3. The molecule has 0 amide bonds. The number of hydrogen-bond acceptors (Lipinski definition) is 6. The molecule has 3 aromatic rings. The second-order valence-corrected chi connectivity index (χ2v) is 7.39. The van der Waals surface area contributed by atoms with Crippen LogP contribution in [0, 0.1) is 13.8 Å². The average molecular weight is 366 g/mol. The fourth-order valence-electron chi connectivity index (χ4n) is 3.84. The van der Waals surface area contributed by atoms with Crippen molar-refractivity contribution in [2.45, 2.75) is 32.7 Å². The summed E-state index contributed by atoms with van der Waals surface area (Å²) in [5.41, 5.74) is 5.36. The van der Waals surface area contributed by atoms with E-state index in [1.807, 2.05) is 19.1 Å². The van der Waals surface area contributed by atoms with Crippen molar-refractivity contribution in [3.63, 3.8) is 0 Å². The number of ether oxygens (including phenoxy) is 1. The summed E-state index contributed by atoms with van der Waals surface area (Å²) in [4.78, 5) is 11.7. The van der Waals surface area contributed by atoms with Crippen molar-refractivity contribution in [3.05, 3.63) is 35.4 Å². The van der Waals surface area contributed by atoms with Crippen molar-refractivity contribution >= 4 is 17.2 Å². The van der Waals surface area contributed by atoms with Crippen LogP contribution in [-0.4, -0.2) is 48.2 Å². The zero-order chi connectivity index (χ0) is 19.0. The number of aryl methyl sites for hydroxylation is 2. The molecule has 2 aromatic heterocycles. The molecule has 1 fully saturated rings. The second-order valence-electron chi connectivity index (χ2n) is 7.39. The van der Waals surface area contributed by atoms with E-state index >= 15 is 0 Å². The van der Waals surface area contributed by atoms with Gasteiger partial charge < -0.3 is 19.4 Å². The van der Waals surface area contributed by atoms with Gasteiger partial charge in [0.15, 0.2) is 5.58 Å². The number of hydrogen-bond donors (Lipinski definition) is 1. The summed E-state index contributed by atoms with van der Waals surface area (Å²) in [6, 6.07) is 8.96. The van der Waals surface area contributed by atoms with Gasteiger partial charge in [-0.15, -0.1) is 0 Å². The van der Waals surface area contributed by atoms with E-state index in [0.29, 0.717) is 23.3 Å². The fourth-order valence-corrected chi connectivity index (χ4v) is 3.84. The van der Waals surface area contributed by atoms with E-state index in [-0.39, 0.29) is 0 Å². The van der Waals surface area contributed by atoms with Gasteiger partial charge in [-0.1, -0.05) is 12.1 Å². The van der Waals surface area contributed by atoms with Crippen LogP contribution < -0.4 is 10.1 Å². The lowest BCUT2D eigenvalue weighted by molar-refractivity contribution is 0.259. The molecule has 1 N–H and O–H groups in total. The molecule has 6 nitrogen and oxygen atoms in total. The molecule has 1 saturated heterocycles. The van der Waals surface area contributed by atoms with Crippen LogP contribution in [0.15, 0.2) is 28.7 Å². The van der Waals surface area contributed by atoms with Gasteiger partial charge in [0.1, 0.15) is 5.75 Å². The zero-order valence-corrected chi connectivity index (χ0v) is 16.4. The molecule has 0 aliphatic carbocycles. The van der Waals surface area contributed by atoms with Gasteiger partial charge in [-0.2, -0.15) is 4.98 Å². The Labute approximate surface area is 159 Å². The van der Waals surface area contributed by atoms with E-state index in [2.05, 4.69) is 41.3 Å². The lowest BCUT2D eigenvalue weighted by atomic mass is 10.0. The molecular formula is C21H26N4O2. The van der Waals surface area contributed by atoms with Crippen LogP contribution in [-0.2, 0) is 0 Å². The molecule has 0 saturated carbocycles. The monoisotopic (exact) mass is 366 g/mol. The molecule has 1 atom stereocenters. The van der Waals surface area contributed by atoms with Crippen molar-refractivity contribution in [1.82, 2.24) is 14.9 Å². The van der Waals surface area contributed by atoms with Gasteiger partial charge in [-0.25, -0.2) is 4.98 Å². The maximum Gasteiger partial charge on any atom is 0.297 e. The maximum atomic E-state index is 5.87. The summed E-state index contributed by atoms with van der Waals surface area (Å²) >= 11 is 0. The molecule has 0 radical (unpaired) electrons. The summed E-state index contributed by atoms with van der Waals surface area (Å²) in [6.45, 7) is 6.25. The van der Waals surface area contributed by atoms with Crippen molar-refractivity contribution < 1.29 is 9.15 Å². The van der Waals surface area contributed by atoms with Crippen LogP contribution in [0.5, 0.6) is 5.75 Å². The number of benzene rings is 1. The van der Waals surface area contributed by atoms with Crippen LogP contribution in [0.25, 0.3) is 22.5 Å². The molecule has 4 rings (SSSR count). The lowest BCUT2D eigenvalue weighted by Gasteiger charge is -2.29. The van der Waals surface area contributed by atoms with Crippen molar-refractivity contribution in [1.29, 1.82) is 0 Å². The Kier molecular flexibility index (Phi) is 4.74. The van der Waals surface area contributed by atoms with Gasteiger partial charge >= 0.3 is 0 Å². The van der Waals surface area contributed by atoms with E-state index in [1.54, 1.807) is 7.11 Å². The SMILES string of the molecule is COc1c(C)ccc(C)c1-c1ccc2oc(N[C@@H]3CCCN(C)C3)nc2n1. The topological polar surface area (TPSA) is 63.4 Å². The number of likely N-dealkylation sites (tertiary alicyclic amines) is 1. The fraction of sp³-hybridized carbons (Fsp3) is 0.429. The highest BCUT2D eigenvalue weighted by molar-refractivity contribution is 5.79. The zero-order valence-electron chi connectivity index (χ0n) is 16.4. The number of piperidine rings is 1. The van der Waals surface area contributed by atoms with Crippen molar-refractivity contribution in [2.75, 3.05) is 32.6 Å².